The fraction of sp³-hybridized carbons (Fsp3) is 0.684. The molecular formula is C19H28O5. The molecule has 2 fully saturated rings. The molecule has 1 saturated heterocycles. The highest BCUT2D eigenvalue weighted by Gasteiger charge is 2.43. The monoisotopic (exact) mass is 336 g/mol. The Labute approximate surface area is 142 Å². The first-order valence-electron chi connectivity index (χ1n) is 8.99. The van der Waals surface area contributed by atoms with Gasteiger partial charge in [-0.3, -0.25) is 0 Å². The molecule has 5 heteroatoms. The molecule has 24 heavy (non-hydrogen) atoms. The molecule has 5 atom stereocenters. The molecule has 1 aliphatic carbocycles. The molecule has 3 rings (SSSR count). The van der Waals surface area contributed by atoms with Crippen LogP contribution in [0.2, 0.25) is 0 Å². The molecule has 1 aliphatic heterocycles. The molecule has 4 N–H and O–H groups in total. The molecule has 2 aliphatic rings. The molecule has 5 nitrogen and oxygen atoms in total. The third-order valence-corrected chi connectivity index (χ3v) is 5.42. The van der Waals surface area contributed by atoms with Crippen LogP contribution in [0.3, 0.4) is 0 Å². The van der Waals surface area contributed by atoms with E-state index in [0.717, 1.165) is 12.0 Å². The molecule has 0 spiro atoms. The largest absolute Gasteiger partial charge is 0.394 e. The third kappa shape index (κ3) is 3.81. The van der Waals surface area contributed by atoms with Crippen molar-refractivity contribution in [1.29, 1.82) is 0 Å². The molecule has 0 aromatic heterocycles. The maximum absolute atomic E-state index is 10.3. The summed E-state index contributed by atoms with van der Waals surface area (Å²) in [6, 6.07) is 7.90. The molecular weight excluding hydrogens is 308 g/mol. The lowest BCUT2D eigenvalue weighted by atomic mass is 9.84. The highest BCUT2D eigenvalue weighted by Crippen LogP contribution is 2.33. The molecule has 0 amide bonds. The van der Waals surface area contributed by atoms with Crippen LogP contribution in [0.5, 0.6) is 0 Å². The van der Waals surface area contributed by atoms with Crippen LogP contribution in [-0.2, 0) is 11.2 Å². The summed E-state index contributed by atoms with van der Waals surface area (Å²) in [6.45, 7) is -0.400. The van der Waals surface area contributed by atoms with E-state index in [1.165, 1.54) is 37.7 Å². The van der Waals surface area contributed by atoms with E-state index in [1.807, 2.05) is 18.2 Å². The van der Waals surface area contributed by atoms with Gasteiger partial charge in [0, 0.05) is 0 Å². The van der Waals surface area contributed by atoms with Gasteiger partial charge < -0.3 is 25.2 Å². The summed E-state index contributed by atoms with van der Waals surface area (Å²) >= 11 is 0. The maximum Gasteiger partial charge on any atom is 0.113 e. The first-order chi connectivity index (χ1) is 11.6. The highest BCUT2D eigenvalue weighted by atomic mass is 16.5. The second kappa shape index (κ2) is 7.93. The van der Waals surface area contributed by atoms with Gasteiger partial charge in [-0.2, -0.15) is 0 Å². The van der Waals surface area contributed by atoms with E-state index < -0.39 is 37.1 Å². The van der Waals surface area contributed by atoms with E-state index in [9.17, 15) is 20.4 Å². The highest BCUT2D eigenvalue weighted by molar-refractivity contribution is 5.27. The molecule has 0 bridgehead atoms. The van der Waals surface area contributed by atoms with Crippen LogP contribution in [0, 0.1) is 5.92 Å². The van der Waals surface area contributed by atoms with Crippen LogP contribution in [0.1, 0.15) is 49.3 Å². The van der Waals surface area contributed by atoms with Crippen molar-refractivity contribution in [3.63, 3.8) is 0 Å². The van der Waals surface area contributed by atoms with Crippen molar-refractivity contribution in [3.05, 3.63) is 35.4 Å². The summed E-state index contributed by atoms with van der Waals surface area (Å²) in [4.78, 5) is 0. The minimum atomic E-state index is -1.33. The number of ether oxygens (including phenoxy) is 1. The van der Waals surface area contributed by atoms with Gasteiger partial charge in [0.2, 0.25) is 0 Å². The Kier molecular flexibility index (Phi) is 5.89. The number of rotatable bonds is 4. The van der Waals surface area contributed by atoms with Crippen molar-refractivity contribution < 1.29 is 25.2 Å². The molecule has 1 aromatic rings. The molecule has 1 saturated carbocycles. The number of aliphatic hydroxyl groups excluding tert-OH is 4. The summed E-state index contributed by atoms with van der Waals surface area (Å²) in [5.41, 5.74) is 1.98. The Morgan fingerprint density at radius 3 is 2.42 bits per heavy atom. The molecule has 1 heterocycles. The van der Waals surface area contributed by atoms with E-state index >= 15 is 0 Å². The summed E-state index contributed by atoms with van der Waals surface area (Å²) in [5.74, 6) is 0.712. The summed E-state index contributed by atoms with van der Waals surface area (Å²) in [6.07, 6.45) is 2.03. The first-order valence-corrected chi connectivity index (χ1v) is 8.99. The van der Waals surface area contributed by atoms with Gasteiger partial charge in [0.25, 0.3) is 0 Å². The van der Waals surface area contributed by atoms with Crippen LogP contribution in [0.15, 0.2) is 24.3 Å². The van der Waals surface area contributed by atoms with Gasteiger partial charge in [0.15, 0.2) is 0 Å². The minimum absolute atomic E-state index is 0.400. The Morgan fingerprint density at radius 2 is 1.71 bits per heavy atom. The van der Waals surface area contributed by atoms with E-state index in [0.29, 0.717) is 5.92 Å². The zero-order chi connectivity index (χ0) is 17.1. The van der Waals surface area contributed by atoms with Gasteiger partial charge in [0.05, 0.1) is 6.61 Å². The fourth-order valence-electron chi connectivity index (χ4n) is 4.00. The fourth-order valence-corrected chi connectivity index (χ4v) is 4.00. The number of hydrogen-bond donors (Lipinski definition) is 4. The van der Waals surface area contributed by atoms with Crippen LogP contribution in [-0.4, -0.2) is 51.4 Å². The van der Waals surface area contributed by atoms with Crippen LogP contribution in [0.4, 0.5) is 0 Å². The maximum atomic E-state index is 10.3. The van der Waals surface area contributed by atoms with Crippen molar-refractivity contribution in [2.75, 3.05) is 6.61 Å². The van der Waals surface area contributed by atoms with Crippen LogP contribution >= 0.6 is 0 Å². The van der Waals surface area contributed by atoms with Gasteiger partial charge >= 0.3 is 0 Å². The predicted octanol–water partition coefficient (Wildman–Crippen LogP) is 1.32. The number of hydrogen-bond acceptors (Lipinski definition) is 5. The van der Waals surface area contributed by atoms with E-state index in [4.69, 9.17) is 4.74 Å². The second-order valence-corrected chi connectivity index (χ2v) is 7.20. The lowest BCUT2D eigenvalue weighted by molar-refractivity contribution is -0.231. The Bertz CT molecular complexity index is 526. The molecule has 134 valence electrons. The Balaban J connectivity index is 1.74. The van der Waals surface area contributed by atoms with Crippen LogP contribution < -0.4 is 0 Å². The van der Waals surface area contributed by atoms with E-state index in [1.54, 1.807) is 0 Å². The van der Waals surface area contributed by atoms with Crippen molar-refractivity contribution in [1.82, 2.24) is 0 Å². The number of benzene rings is 1. The molecule has 1 aromatic carbocycles. The Hall–Kier alpha value is -0.980. The topological polar surface area (TPSA) is 90.2 Å². The van der Waals surface area contributed by atoms with Crippen molar-refractivity contribution in [2.45, 2.75) is 69.0 Å². The average molecular weight is 336 g/mol. The van der Waals surface area contributed by atoms with Crippen molar-refractivity contribution in [3.8, 4) is 0 Å². The first kappa shape index (κ1) is 17.8. The smallest absolute Gasteiger partial charge is 0.113 e. The van der Waals surface area contributed by atoms with Gasteiger partial charge in [-0.15, -0.1) is 0 Å². The Morgan fingerprint density at radius 1 is 0.958 bits per heavy atom. The quantitative estimate of drug-likeness (QED) is 0.666. The van der Waals surface area contributed by atoms with E-state index in [-0.39, 0.29) is 0 Å². The van der Waals surface area contributed by atoms with Crippen molar-refractivity contribution >= 4 is 0 Å². The van der Waals surface area contributed by atoms with E-state index in [2.05, 4.69) is 6.07 Å². The number of aliphatic hydroxyl groups is 4. The lowest BCUT2D eigenvalue weighted by Gasteiger charge is -2.40. The molecule has 5 unspecified atom stereocenters. The SMILES string of the molecule is OCC1OC(c2cccc(CC3CCCCC3)c2)C(O)C(O)C1O. The van der Waals surface area contributed by atoms with Gasteiger partial charge in [0.1, 0.15) is 30.5 Å². The van der Waals surface area contributed by atoms with Crippen molar-refractivity contribution in [2.24, 2.45) is 5.92 Å². The molecule has 0 radical (unpaired) electrons. The van der Waals surface area contributed by atoms with Crippen LogP contribution in [0.25, 0.3) is 0 Å². The predicted molar refractivity (Wildman–Crippen MR) is 89.4 cm³/mol. The summed E-state index contributed by atoms with van der Waals surface area (Å²) < 4.78 is 5.65. The average Bonchev–Trinajstić information content (AvgIpc) is 2.61. The zero-order valence-corrected chi connectivity index (χ0v) is 13.9. The standard InChI is InChI=1S/C19H28O5/c20-11-15-16(21)17(22)18(23)19(24-15)14-8-4-7-13(10-14)9-12-5-2-1-3-6-12/h4,7-8,10,12,15-23H,1-3,5-6,9,11H2. The minimum Gasteiger partial charge on any atom is -0.394 e. The van der Waals surface area contributed by atoms with Gasteiger partial charge in [-0.25, -0.2) is 0 Å². The van der Waals surface area contributed by atoms with Gasteiger partial charge in [-0.05, 0) is 23.5 Å². The zero-order valence-electron chi connectivity index (χ0n) is 13.9. The summed E-state index contributed by atoms with van der Waals surface area (Å²) in [5, 5.41) is 39.5. The lowest BCUT2D eigenvalue weighted by Crippen LogP contribution is -2.55. The summed E-state index contributed by atoms with van der Waals surface area (Å²) in [7, 11) is 0. The normalized spacial score (nSPS) is 35.1. The van der Waals surface area contributed by atoms with Gasteiger partial charge in [-0.1, -0.05) is 56.4 Å². The third-order valence-electron chi connectivity index (χ3n) is 5.42. The second-order valence-electron chi connectivity index (χ2n) is 7.20.